The summed E-state index contributed by atoms with van der Waals surface area (Å²) in [5, 5.41) is 9.26. The predicted octanol–water partition coefficient (Wildman–Crippen LogP) is 0.965. The summed E-state index contributed by atoms with van der Waals surface area (Å²) in [6, 6.07) is 4.84. The molecule has 0 saturated carbocycles. The van der Waals surface area contributed by atoms with Crippen LogP contribution in [0.4, 0.5) is 0 Å². The van der Waals surface area contributed by atoms with E-state index in [1.807, 2.05) is 0 Å². The van der Waals surface area contributed by atoms with Gasteiger partial charge in [-0.05, 0) is 12.1 Å². The van der Waals surface area contributed by atoms with E-state index < -0.39 is 11.9 Å². The number of benzene rings is 1. The number of carboxylic acid groups (broad SMARTS) is 1. The average molecular weight is 204 g/mol. The molecule has 1 aromatic heterocycles. The summed E-state index contributed by atoms with van der Waals surface area (Å²) >= 11 is 0. The Hall–Kier alpha value is -2.30. The molecular formula is C10H8N2O3. The minimum absolute atomic E-state index is 0.0550. The quantitative estimate of drug-likeness (QED) is 0.679. The highest BCUT2D eigenvalue weighted by molar-refractivity contribution is 6.13. The van der Waals surface area contributed by atoms with Gasteiger partial charge < -0.3 is 15.8 Å². The molecule has 5 heteroatoms. The predicted molar refractivity (Wildman–Crippen MR) is 53.8 cm³/mol. The van der Waals surface area contributed by atoms with E-state index in [1.54, 1.807) is 12.1 Å². The van der Waals surface area contributed by atoms with Gasteiger partial charge in [-0.1, -0.05) is 6.07 Å². The Bertz CT molecular complexity index is 557. The minimum atomic E-state index is -1.09. The lowest BCUT2D eigenvalue weighted by Gasteiger charge is -1.99. The van der Waals surface area contributed by atoms with Crippen LogP contribution in [0.5, 0.6) is 0 Å². The molecule has 2 aromatic rings. The van der Waals surface area contributed by atoms with Crippen LogP contribution in [-0.4, -0.2) is 22.0 Å². The fraction of sp³-hybridized carbons (Fsp3) is 0. The first-order valence-corrected chi connectivity index (χ1v) is 4.24. The summed E-state index contributed by atoms with van der Waals surface area (Å²) in [6.45, 7) is 0. The summed E-state index contributed by atoms with van der Waals surface area (Å²) in [6.07, 6.45) is 1.35. The summed E-state index contributed by atoms with van der Waals surface area (Å²) in [7, 11) is 0. The minimum Gasteiger partial charge on any atom is -0.478 e. The lowest BCUT2D eigenvalue weighted by atomic mass is 10.1. The zero-order valence-corrected chi connectivity index (χ0v) is 7.65. The van der Waals surface area contributed by atoms with E-state index in [1.165, 1.54) is 12.3 Å². The number of carbonyl (C=O) groups excluding carboxylic acids is 1. The van der Waals surface area contributed by atoms with E-state index in [-0.39, 0.29) is 11.1 Å². The van der Waals surface area contributed by atoms with Gasteiger partial charge in [0, 0.05) is 22.7 Å². The van der Waals surface area contributed by atoms with Crippen molar-refractivity contribution in [2.75, 3.05) is 0 Å². The smallest absolute Gasteiger partial charge is 0.337 e. The van der Waals surface area contributed by atoms with Crippen molar-refractivity contribution in [3.05, 3.63) is 35.5 Å². The van der Waals surface area contributed by atoms with Gasteiger partial charge in [-0.3, -0.25) is 4.79 Å². The number of carbonyl (C=O) groups is 2. The monoisotopic (exact) mass is 204 g/mol. The number of carboxylic acids is 1. The Balaban J connectivity index is 2.86. The lowest BCUT2D eigenvalue weighted by Crippen LogP contribution is -2.12. The number of primary amides is 1. The highest BCUT2D eigenvalue weighted by atomic mass is 16.4. The van der Waals surface area contributed by atoms with Gasteiger partial charge in [-0.25, -0.2) is 4.79 Å². The fourth-order valence-corrected chi connectivity index (χ4v) is 1.56. The van der Waals surface area contributed by atoms with Crippen LogP contribution in [0, 0.1) is 0 Å². The molecular weight excluding hydrogens is 196 g/mol. The number of amides is 1. The third-order valence-electron chi connectivity index (χ3n) is 2.20. The second-order valence-electron chi connectivity index (χ2n) is 3.10. The van der Waals surface area contributed by atoms with Crippen LogP contribution in [0.2, 0.25) is 0 Å². The van der Waals surface area contributed by atoms with Gasteiger partial charge in [0.25, 0.3) is 0 Å². The number of aromatic nitrogens is 1. The zero-order valence-electron chi connectivity index (χ0n) is 7.65. The van der Waals surface area contributed by atoms with Crippen molar-refractivity contribution >= 4 is 22.8 Å². The molecule has 5 nitrogen and oxygen atoms in total. The molecule has 1 heterocycles. The first-order valence-electron chi connectivity index (χ1n) is 4.24. The maximum atomic E-state index is 11.1. The second kappa shape index (κ2) is 3.13. The summed E-state index contributed by atoms with van der Waals surface area (Å²) in [5.41, 5.74) is 6.02. The Kier molecular flexibility index (Phi) is 1.93. The van der Waals surface area contributed by atoms with E-state index in [0.29, 0.717) is 10.9 Å². The molecule has 0 radical (unpaired) electrons. The molecule has 0 aliphatic rings. The number of hydrogen-bond acceptors (Lipinski definition) is 2. The molecule has 0 aliphatic carbocycles. The molecule has 0 fully saturated rings. The zero-order chi connectivity index (χ0) is 11.0. The normalized spacial score (nSPS) is 10.4. The van der Waals surface area contributed by atoms with Crippen LogP contribution in [0.25, 0.3) is 10.9 Å². The third-order valence-corrected chi connectivity index (χ3v) is 2.20. The van der Waals surface area contributed by atoms with Crippen molar-refractivity contribution in [1.82, 2.24) is 4.98 Å². The van der Waals surface area contributed by atoms with E-state index in [9.17, 15) is 9.59 Å². The maximum absolute atomic E-state index is 11.1. The van der Waals surface area contributed by atoms with Gasteiger partial charge in [-0.15, -0.1) is 0 Å². The number of nitrogens with one attached hydrogen (secondary N) is 1. The van der Waals surface area contributed by atoms with Crippen LogP contribution in [0.3, 0.4) is 0 Å². The van der Waals surface area contributed by atoms with Gasteiger partial charge in [0.15, 0.2) is 0 Å². The first-order chi connectivity index (χ1) is 7.11. The van der Waals surface area contributed by atoms with Crippen molar-refractivity contribution in [2.24, 2.45) is 5.73 Å². The average Bonchev–Trinajstić information content (AvgIpc) is 2.60. The highest BCUT2D eigenvalue weighted by Gasteiger charge is 2.15. The van der Waals surface area contributed by atoms with Crippen molar-refractivity contribution < 1.29 is 14.7 Å². The van der Waals surface area contributed by atoms with Crippen LogP contribution in [0.15, 0.2) is 24.4 Å². The Morgan fingerprint density at radius 3 is 2.60 bits per heavy atom. The topological polar surface area (TPSA) is 96.2 Å². The second-order valence-corrected chi connectivity index (χ2v) is 3.10. The molecule has 0 bridgehead atoms. The Morgan fingerprint density at radius 1 is 1.27 bits per heavy atom. The molecule has 0 unspecified atom stereocenters. The van der Waals surface area contributed by atoms with Gasteiger partial charge in [0.05, 0.1) is 5.56 Å². The van der Waals surface area contributed by atoms with Crippen LogP contribution in [0.1, 0.15) is 20.7 Å². The lowest BCUT2D eigenvalue weighted by molar-refractivity contribution is 0.0699. The molecule has 2 rings (SSSR count). The van der Waals surface area contributed by atoms with Gasteiger partial charge in [0.2, 0.25) is 5.91 Å². The molecule has 1 aromatic carbocycles. The molecule has 4 N–H and O–H groups in total. The van der Waals surface area contributed by atoms with Crippen LogP contribution >= 0.6 is 0 Å². The van der Waals surface area contributed by atoms with Crippen LogP contribution in [-0.2, 0) is 0 Å². The van der Waals surface area contributed by atoms with E-state index in [2.05, 4.69) is 4.98 Å². The largest absolute Gasteiger partial charge is 0.478 e. The number of fused-ring (bicyclic) bond motifs is 1. The summed E-state index contributed by atoms with van der Waals surface area (Å²) in [4.78, 5) is 24.8. The van der Waals surface area contributed by atoms with Gasteiger partial charge in [0.1, 0.15) is 0 Å². The summed E-state index contributed by atoms with van der Waals surface area (Å²) < 4.78 is 0. The van der Waals surface area contributed by atoms with Gasteiger partial charge in [-0.2, -0.15) is 0 Å². The molecule has 76 valence electrons. The third kappa shape index (κ3) is 1.34. The fourth-order valence-electron chi connectivity index (χ4n) is 1.56. The molecule has 0 atom stereocenters. The van der Waals surface area contributed by atoms with E-state index in [0.717, 1.165) is 0 Å². The molecule has 1 amide bonds. The standard InChI is InChI=1S/C10H8N2O3/c11-9(13)5-2-1-3-7-8(5)6(4-12-7)10(14)15/h1-4,12H,(H2,11,13)(H,14,15). The molecule has 15 heavy (non-hydrogen) atoms. The van der Waals surface area contributed by atoms with Crippen molar-refractivity contribution in [2.45, 2.75) is 0 Å². The number of rotatable bonds is 2. The number of H-pyrrole nitrogens is 1. The summed E-state index contributed by atoms with van der Waals surface area (Å²) in [5.74, 6) is -1.72. The Labute approximate surface area is 84.5 Å². The number of aromatic carboxylic acids is 1. The Morgan fingerprint density at radius 2 is 2.00 bits per heavy atom. The SMILES string of the molecule is NC(=O)c1cccc2[nH]cc(C(=O)O)c12. The maximum Gasteiger partial charge on any atom is 0.337 e. The number of hydrogen-bond donors (Lipinski definition) is 3. The highest BCUT2D eigenvalue weighted by Crippen LogP contribution is 2.22. The molecule has 0 spiro atoms. The number of nitrogens with two attached hydrogens (primary N) is 1. The van der Waals surface area contributed by atoms with Crippen molar-refractivity contribution in [3.8, 4) is 0 Å². The molecule has 0 saturated heterocycles. The van der Waals surface area contributed by atoms with E-state index in [4.69, 9.17) is 10.8 Å². The van der Waals surface area contributed by atoms with E-state index >= 15 is 0 Å². The first kappa shape index (κ1) is 9.26. The van der Waals surface area contributed by atoms with Crippen LogP contribution < -0.4 is 5.73 Å². The van der Waals surface area contributed by atoms with Gasteiger partial charge >= 0.3 is 5.97 Å². The number of aromatic amines is 1. The van der Waals surface area contributed by atoms with Crippen molar-refractivity contribution in [3.63, 3.8) is 0 Å². The molecule has 0 aliphatic heterocycles. The van der Waals surface area contributed by atoms with Crippen molar-refractivity contribution in [1.29, 1.82) is 0 Å².